The summed E-state index contributed by atoms with van der Waals surface area (Å²) in [6.45, 7) is 25.2. The second-order valence-electron chi connectivity index (χ2n) is 20.5. The summed E-state index contributed by atoms with van der Waals surface area (Å²) in [6, 6.07) is 40.7. The summed E-state index contributed by atoms with van der Waals surface area (Å²) in [6.07, 6.45) is 0.870. The van der Waals surface area contributed by atoms with Gasteiger partial charge in [0.05, 0.1) is 57.5 Å². The molecule has 0 unspecified atom stereocenters. The summed E-state index contributed by atoms with van der Waals surface area (Å²) in [5.74, 6) is 2.47. The van der Waals surface area contributed by atoms with E-state index in [2.05, 4.69) is 100 Å². The number of ether oxygens (including phenoxy) is 4. The van der Waals surface area contributed by atoms with Crippen LogP contribution in [0.2, 0.25) is 0 Å². The molecule has 2 saturated heterocycles. The molecule has 8 rings (SSSR count). The number of nitrogens with one attached hydrogen (secondary N) is 1. The zero-order chi connectivity index (χ0) is 48.2. The second kappa shape index (κ2) is 22.6. The topological polar surface area (TPSA) is 153 Å². The molecule has 4 aromatic carbocycles. The van der Waals surface area contributed by atoms with E-state index in [1.54, 1.807) is 0 Å². The van der Waals surface area contributed by atoms with E-state index >= 15 is 0 Å². The van der Waals surface area contributed by atoms with Crippen molar-refractivity contribution in [2.24, 2.45) is 28.4 Å². The maximum Gasteiger partial charge on any atom is 0.181 e. The standard InChI is InChI=1S/C27H36N4O2.C20H24N4.C7H12O3/c1-26(2,3)23(28-16-21-18-32-27(4,5)33-19-21)25-29-24(22-14-10-7-11-15-22)30-31(25)17-20-12-8-6-9-13-20;1-20(2,3)17(21)19-22-18(16-12-8-5-9-13-16)23-24(19)14-15-10-6-4-7-11-15;1-7(2)9-4-6(3-8)5-10-7/h6-15,21,23,28H,16-19H2,1-5H3;4-13,17H,14,21H2,1-3H3;3,6H,4-5H2,1-2H3/t23-;17-;/m00./s1. The van der Waals surface area contributed by atoms with Crippen LogP contribution in [0.4, 0.5) is 0 Å². The molecule has 2 atom stereocenters. The number of rotatable bonds is 12. The predicted molar refractivity (Wildman–Crippen MR) is 264 cm³/mol. The lowest BCUT2D eigenvalue weighted by molar-refractivity contribution is -0.261. The zero-order valence-electron chi connectivity index (χ0n) is 41.2. The van der Waals surface area contributed by atoms with Crippen molar-refractivity contribution in [1.29, 1.82) is 0 Å². The van der Waals surface area contributed by atoms with E-state index in [-0.39, 0.29) is 28.8 Å². The third-order valence-electron chi connectivity index (χ3n) is 11.6. The van der Waals surface area contributed by atoms with Gasteiger partial charge in [0.1, 0.15) is 17.9 Å². The van der Waals surface area contributed by atoms with Crippen LogP contribution < -0.4 is 11.1 Å². The van der Waals surface area contributed by atoms with E-state index < -0.39 is 11.6 Å². The first-order chi connectivity index (χ1) is 31.8. The zero-order valence-corrected chi connectivity index (χ0v) is 41.2. The Hall–Kier alpha value is -5.41. The Labute approximate surface area is 397 Å². The van der Waals surface area contributed by atoms with Crippen LogP contribution in [0.1, 0.15) is 104 Å². The summed E-state index contributed by atoms with van der Waals surface area (Å²) in [5, 5.41) is 13.5. The van der Waals surface area contributed by atoms with Gasteiger partial charge in [0.2, 0.25) is 0 Å². The van der Waals surface area contributed by atoms with Crippen molar-refractivity contribution in [3.63, 3.8) is 0 Å². The molecule has 13 heteroatoms. The molecule has 0 saturated carbocycles. The molecule has 0 bridgehead atoms. The largest absolute Gasteiger partial charge is 0.350 e. The molecule has 3 N–H and O–H groups in total. The molecule has 6 aromatic rings. The molecule has 2 fully saturated rings. The monoisotopic (exact) mass is 913 g/mol. The maximum atomic E-state index is 10.2. The fourth-order valence-electron chi connectivity index (χ4n) is 7.40. The second-order valence-corrected chi connectivity index (χ2v) is 20.5. The molecule has 2 aromatic heterocycles. The van der Waals surface area contributed by atoms with Crippen molar-refractivity contribution < 1.29 is 23.7 Å². The van der Waals surface area contributed by atoms with Gasteiger partial charge in [0, 0.05) is 23.6 Å². The quantitative estimate of drug-likeness (QED) is 0.113. The highest BCUT2D eigenvalue weighted by atomic mass is 16.7. The first-order valence-corrected chi connectivity index (χ1v) is 23.4. The van der Waals surface area contributed by atoms with Crippen molar-refractivity contribution in [3.8, 4) is 22.8 Å². The van der Waals surface area contributed by atoms with E-state index in [1.807, 2.05) is 105 Å². The fourth-order valence-corrected chi connectivity index (χ4v) is 7.40. The molecule has 13 nitrogen and oxygen atoms in total. The molecular weight excluding hydrogens is 841 g/mol. The number of hydrogen-bond donors (Lipinski definition) is 2. The lowest BCUT2D eigenvalue weighted by Crippen LogP contribution is -2.45. The molecule has 2 aliphatic heterocycles. The summed E-state index contributed by atoms with van der Waals surface area (Å²) < 4.78 is 26.2. The maximum absolute atomic E-state index is 10.2. The normalized spacial score (nSPS) is 17.3. The van der Waals surface area contributed by atoms with Gasteiger partial charge in [-0.25, -0.2) is 19.3 Å². The van der Waals surface area contributed by atoms with Gasteiger partial charge in [-0.15, -0.1) is 0 Å². The van der Waals surface area contributed by atoms with Crippen LogP contribution in [0.25, 0.3) is 22.8 Å². The van der Waals surface area contributed by atoms with Crippen molar-refractivity contribution in [2.45, 2.75) is 106 Å². The fraction of sp³-hybridized carbons (Fsp3) is 0.463. The van der Waals surface area contributed by atoms with Gasteiger partial charge in [-0.1, -0.05) is 163 Å². The molecule has 4 heterocycles. The van der Waals surface area contributed by atoms with Crippen LogP contribution in [-0.4, -0.2) is 80.4 Å². The minimum absolute atomic E-state index is 0.0149. The summed E-state index contributed by atoms with van der Waals surface area (Å²) >= 11 is 0. The predicted octanol–water partition coefficient (Wildman–Crippen LogP) is 9.69. The van der Waals surface area contributed by atoms with Gasteiger partial charge in [0.15, 0.2) is 23.2 Å². The van der Waals surface area contributed by atoms with E-state index in [0.717, 1.165) is 47.3 Å². The third kappa shape index (κ3) is 15.0. The Balaban J connectivity index is 0.000000189. The first kappa shape index (κ1) is 51.0. The third-order valence-corrected chi connectivity index (χ3v) is 11.6. The average molecular weight is 913 g/mol. The Bertz CT molecular complexity index is 2390. The molecule has 67 heavy (non-hydrogen) atoms. The number of aromatic nitrogens is 6. The summed E-state index contributed by atoms with van der Waals surface area (Å²) in [5.41, 5.74) is 10.8. The summed E-state index contributed by atoms with van der Waals surface area (Å²) in [7, 11) is 0. The van der Waals surface area contributed by atoms with Gasteiger partial charge in [0.25, 0.3) is 0 Å². The number of aldehydes is 1. The SMILES string of the molecule is CC(C)(C)[C@@H](N)c1nc(-c2ccccc2)nn1Cc1ccccc1.CC1(C)OCC(C=O)CO1.CC1(C)OCC(CN[C@@H](c2nc(-c3ccccc3)nn2Cc2ccccc2)C(C)(C)C)CO1. The van der Waals surface area contributed by atoms with E-state index in [0.29, 0.717) is 45.4 Å². The van der Waals surface area contributed by atoms with Crippen LogP contribution in [0.15, 0.2) is 121 Å². The van der Waals surface area contributed by atoms with Crippen molar-refractivity contribution in [3.05, 3.63) is 144 Å². The number of carbonyl (C=O) groups excluding carboxylic acids is 1. The lowest BCUT2D eigenvalue weighted by Gasteiger charge is -2.37. The smallest absolute Gasteiger partial charge is 0.181 e. The molecule has 358 valence electrons. The molecule has 0 spiro atoms. The number of hydrogen-bond acceptors (Lipinski definition) is 11. The minimum atomic E-state index is -0.500. The highest BCUT2D eigenvalue weighted by Crippen LogP contribution is 2.35. The van der Waals surface area contributed by atoms with Crippen molar-refractivity contribution in [2.75, 3.05) is 33.0 Å². The lowest BCUT2D eigenvalue weighted by atomic mass is 9.85. The molecule has 0 amide bonds. The first-order valence-electron chi connectivity index (χ1n) is 23.4. The van der Waals surface area contributed by atoms with E-state index in [4.69, 9.17) is 44.8 Å². The van der Waals surface area contributed by atoms with Gasteiger partial charge in [-0.05, 0) is 49.7 Å². The van der Waals surface area contributed by atoms with Crippen LogP contribution in [-0.2, 0) is 36.8 Å². The highest BCUT2D eigenvalue weighted by molar-refractivity contribution is 5.55. The van der Waals surface area contributed by atoms with Crippen LogP contribution in [0.5, 0.6) is 0 Å². The van der Waals surface area contributed by atoms with Gasteiger partial charge >= 0.3 is 0 Å². The Kier molecular flexibility index (Phi) is 17.2. The van der Waals surface area contributed by atoms with E-state index in [1.165, 1.54) is 11.1 Å². The van der Waals surface area contributed by atoms with Gasteiger partial charge in [-0.3, -0.25) is 0 Å². The summed E-state index contributed by atoms with van der Waals surface area (Å²) in [4.78, 5) is 20.0. The average Bonchev–Trinajstić information content (AvgIpc) is 3.92. The number of benzene rings is 4. The van der Waals surface area contributed by atoms with Crippen LogP contribution in [0.3, 0.4) is 0 Å². The molecule has 0 aliphatic carbocycles. The molecule has 2 aliphatic rings. The van der Waals surface area contributed by atoms with Gasteiger partial charge in [-0.2, -0.15) is 10.2 Å². The van der Waals surface area contributed by atoms with Crippen molar-refractivity contribution >= 4 is 6.29 Å². The Morgan fingerprint density at radius 3 is 1.40 bits per heavy atom. The van der Waals surface area contributed by atoms with Crippen molar-refractivity contribution in [1.82, 2.24) is 34.8 Å². The Morgan fingerprint density at radius 2 is 1.00 bits per heavy atom. The molecule has 0 radical (unpaired) electrons. The molecular formula is C54H72N8O5. The number of carbonyl (C=O) groups is 1. The number of nitrogens with two attached hydrogens (primary N) is 1. The van der Waals surface area contributed by atoms with Crippen LogP contribution >= 0.6 is 0 Å². The van der Waals surface area contributed by atoms with Gasteiger partial charge < -0.3 is 34.8 Å². The Morgan fingerprint density at radius 1 is 0.612 bits per heavy atom. The number of nitrogens with zero attached hydrogens (tertiary/aromatic N) is 6. The minimum Gasteiger partial charge on any atom is -0.350 e. The van der Waals surface area contributed by atoms with E-state index in [9.17, 15) is 4.79 Å². The van der Waals surface area contributed by atoms with Crippen LogP contribution in [0, 0.1) is 22.7 Å². The highest BCUT2D eigenvalue weighted by Gasteiger charge is 2.34.